The number of rotatable bonds is 2. The smallest absolute Gasteiger partial charge is 0.259 e. The fourth-order valence-corrected chi connectivity index (χ4v) is 4.61. The van der Waals surface area contributed by atoms with E-state index < -0.39 is 17.6 Å². The standard InChI is InChI=1S/C20H18FN3O3/c1-23-9-20(21,10-23)13-6-5-12-17-11(13)3-2-4-14(17)24(19(12)27)15-7-8-16(25)22-18(15)26/h2-6,15H,7-10H2,1H3,(H,22,25,26). The highest BCUT2D eigenvalue weighted by molar-refractivity contribution is 6.27. The molecule has 1 N–H and O–H groups in total. The van der Waals surface area contributed by atoms with E-state index in [1.165, 1.54) is 4.90 Å². The first-order chi connectivity index (χ1) is 12.9. The fraction of sp³-hybridized carbons (Fsp3) is 0.350. The molecule has 6 nitrogen and oxygen atoms in total. The van der Waals surface area contributed by atoms with Crippen LogP contribution in [0.4, 0.5) is 10.1 Å². The van der Waals surface area contributed by atoms with Crippen LogP contribution in [0.3, 0.4) is 0 Å². The Morgan fingerprint density at radius 1 is 1.15 bits per heavy atom. The van der Waals surface area contributed by atoms with E-state index in [0.29, 0.717) is 40.7 Å². The Labute approximate surface area is 154 Å². The summed E-state index contributed by atoms with van der Waals surface area (Å²) in [4.78, 5) is 40.2. The number of piperidine rings is 1. The molecule has 3 heterocycles. The van der Waals surface area contributed by atoms with Crippen molar-refractivity contribution in [2.75, 3.05) is 25.0 Å². The van der Waals surface area contributed by atoms with Crippen molar-refractivity contribution in [3.05, 3.63) is 41.5 Å². The number of hydrogen-bond donors (Lipinski definition) is 1. The minimum atomic E-state index is -1.43. The van der Waals surface area contributed by atoms with Gasteiger partial charge in [0, 0.05) is 30.5 Å². The van der Waals surface area contributed by atoms with Gasteiger partial charge in [0.1, 0.15) is 6.04 Å². The summed E-state index contributed by atoms with van der Waals surface area (Å²) in [7, 11) is 1.87. The van der Waals surface area contributed by atoms with E-state index in [1.54, 1.807) is 24.3 Å². The van der Waals surface area contributed by atoms with Crippen LogP contribution in [0.15, 0.2) is 30.3 Å². The van der Waals surface area contributed by atoms with E-state index in [1.807, 2.05) is 18.0 Å². The Morgan fingerprint density at radius 2 is 1.93 bits per heavy atom. The molecule has 2 aromatic carbocycles. The molecule has 3 aliphatic heterocycles. The van der Waals surface area contributed by atoms with Crippen molar-refractivity contribution in [2.45, 2.75) is 24.6 Å². The predicted molar refractivity (Wildman–Crippen MR) is 97.2 cm³/mol. The van der Waals surface area contributed by atoms with Gasteiger partial charge in [-0.25, -0.2) is 4.39 Å². The van der Waals surface area contributed by atoms with Crippen LogP contribution in [0.5, 0.6) is 0 Å². The number of carbonyl (C=O) groups is 3. The number of likely N-dealkylation sites (N-methyl/N-ethyl adjacent to an activating group) is 1. The van der Waals surface area contributed by atoms with Gasteiger partial charge < -0.3 is 0 Å². The highest BCUT2D eigenvalue weighted by Crippen LogP contribution is 2.45. The molecule has 0 bridgehead atoms. The third kappa shape index (κ3) is 2.18. The number of hydrogen-bond acceptors (Lipinski definition) is 4. The van der Waals surface area contributed by atoms with Gasteiger partial charge in [-0.1, -0.05) is 18.2 Å². The van der Waals surface area contributed by atoms with Gasteiger partial charge in [-0.05, 0) is 36.6 Å². The summed E-state index contributed by atoms with van der Waals surface area (Å²) in [6, 6.07) is 8.02. The highest BCUT2D eigenvalue weighted by atomic mass is 19.1. The maximum Gasteiger partial charge on any atom is 0.259 e. The molecular formula is C20H18FN3O3. The molecule has 138 valence electrons. The number of nitrogens with zero attached hydrogens (tertiary/aromatic N) is 2. The largest absolute Gasteiger partial charge is 0.299 e. The molecule has 1 unspecified atom stereocenters. The first kappa shape index (κ1) is 16.4. The molecule has 3 amide bonds. The Morgan fingerprint density at radius 3 is 2.63 bits per heavy atom. The summed E-state index contributed by atoms with van der Waals surface area (Å²) < 4.78 is 15.3. The summed E-state index contributed by atoms with van der Waals surface area (Å²) in [5.74, 6) is -1.07. The lowest BCUT2D eigenvalue weighted by Crippen LogP contribution is -2.54. The predicted octanol–water partition coefficient (Wildman–Crippen LogP) is 1.72. The van der Waals surface area contributed by atoms with Gasteiger partial charge >= 0.3 is 0 Å². The molecule has 1 atom stereocenters. The van der Waals surface area contributed by atoms with Crippen LogP contribution in [0.1, 0.15) is 28.8 Å². The molecule has 0 spiro atoms. The van der Waals surface area contributed by atoms with E-state index in [4.69, 9.17) is 0 Å². The number of halogens is 1. The molecule has 0 aromatic heterocycles. The normalized spacial score (nSPS) is 24.3. The number of anilines is 1. The van der Waals surface area contributed by atoms with Gasteiger partial charge in [0.2, 0.25) is 11.8 Å². The molecule has 5 rings (SSSR count). The van der Waals surface area contributed by atoms with Crippen molar-refractivity contribution in [3.8, 4) is 0 Å². The third-order valence-corrected chi connectivity index (χ3v) is 5.77. The molecule has 7 heteroatoms. The number of nitrogens with one attached hydrogen (secondary N) is 1. The van der Waals surface area contributed by atoms with Crippen molar-refractivity contribution in [2.24, 2.45) is 0 Å². The van der Waals surface area contributed by atoms with Crippen LogP contribution in [0.25, 0.3) is 10.8 Å². The zero-order chi connectivity index (χ0) is 18.9. The van der Waals surface area contributed by atoms with Crippen LogP contribution in [-0.2, 0) is 15.3 Å². The quantitative estimate of drug-likeness (QED) is 0.821. The maximum atomic E-state index is 15.3. The lowest BCUT2D eigenvalue weighted by Gasteiger charge is -2.43. The van der Waals surface area contributed by atoms with Gasteiger partial charge in [0.05, 0.1) is 5.69 Å². The van der Waals surface area contributed by atoms with Crippen molar-refractivity contribution >= 4 is 34.2 Å². The minimum absolute atomic E-state index is 0.192. The fourth-order valence-electron chi connectivity index (χ4n) is 4.61. The summed E-state index contributed by atoms with van der Waals surface area (Å²) in [5.41, 5.74) is 0.237. The van der Waals surface area contributed by atoms with E-state index in [-0.39, 0.29) is 24.7 Å². The molecule has 0 saturated carbocycles. The molecule has 2 fully saturated rings. The van der Waals surface area contributed by atoms with Crippen LogP contribution in [-0.4, -0.2) is 48.8 Å². The number of likely N-dealkylation sites (tertiary alicyclic amines) is 1. The monoisotopic (exact) mass is 367 g/mol. The van der Waals surface area contributed by atoms with Crippen LogP contribution in [0, 0.1) is 0 Å². The van der Waals surface area contributed by atoms with Crippen LogP contribution < -0.4 is 10.2 Å². The highest BCUT2D eigenvalue weighted by Gasteiger charge is 2.46. The van der Waals surface area contributed by atoms with Crippen molar-refractivity contribution in [3.63, 3.8) is 0 Å². The maximum absolute atomic E-state index is 15.3. The molecule has 0 aliphatic carbocycles. The Kier molecular flexibility index (Phi) is 3.25. The van der Waals surface area contributed by atoms with Gasteiger partial charge in [0.15, 0.2) is 5.67 Å². The summed E-state index contributed by atoms with van der Waals surface area (Å²) >= 11 is 0. The van der Waals surface area contributed by atoms with Crippen molar-refractivity contribution in [1.29, 1.82) is 0 Å². The van der Waals surface area contributed by atoms with E-state index in [9.17, 15) is 14.4 Å². The number of alkyl halides is 1. The average molecular weight is 367 g/mol. The second kappa shape index (κ2) is 5.36. The van der Waals surface area contributed by atoms with Gasteiger partial charge in [-0.3, -0.25) is 29.5 Å². The van der Waals surface area contributed by atoms with Crippen molar-refractivity contribution < 1.29 is 18.8 Å². The number of benzene rings is 2. The second-order valence-electron chi connectivity index (χ2n) is 7.64. The zero-order valence-electron chi connectivity index (χ0n) is 14.8. The average Bonchev–Trinajstić information content (AvgIpc) is 2.88. The topological polar surface area (TPSA) is 69.7 Å². The Hall–Kier alpha value is -2.80. The summed E-state index contributed by atoms with van der Waals surface area (Å²) in [5, 5.41) is 3.71. The summed E-state index contributed by atoms with van der Waals surface area (Å²) in [6.07, 6.45) is 0.475. The van der Waals surface area contributed by atoms with Crippen LogP contribution in [0.2, 0.25) is 0 Å². The number of amides is 3. The number of imide groups is 1. The third-order valence-electron chi connectivity index (χ3n) is 5.77. The lowest BCUT2D eigenvalue weighted by atomic mass is 9.84. The Bertz CT molecular complexity index is 1030. The Balaban J connectivity index is 1.65. The first-order valence-electron chi connectivity index (χ1n) is 9.00. The number of carbonyl (C=O) groups excluding carboxylic acids is 3. The molecule has 2 aromatic rings. The SMILES string of the molecule is CN1CC(F)(c2ccc3c4c(cccc24)N(C2CCC(=O)NC2=O)C3=O)C1. The van der Waals surface area contributed by atoms with Gasteiger partial charge in [-0.15, -0.1) is 0 Å². The molecular weight excluding hydrogens is 349 g/mol. The molecule has 27 heavy (non-hydrogen) atoms. The zero-order valence-corrected chi connectivity index (χ0v) is 14.8. The molecule has 0 radical (unpaired) electrons. The first-order valence-corrected chi connectivity index (χ1v) is 9.00. The second-order valence-corrected chi connectivity index (χ2v) is 7.64. The van der Waals surface area contributed by atoms with E-state index >= 15 is 4.39 Å². The summed E-state index contributed by atoms with van der Waals surface area (Å²) in [6.45, 7) is 0.632. The molecule has 3 aliphatic rings. The van der Waals surface area contributed by atoms with E-state index in [2.05, 4.69) is 5.32 Å². The van der Waals surface area contributed by atoms with E-state index in [0.717, 1.165) is 0 Å². The van der Waals surface area contributed by atoms with Gasteiger partial charge in [-0.2, -0.15) is 0 Å². The molecule has 2 saturated heterocycles. The van der Waals surface area contributed by atoms with Crippen molar-refractivity contribution in [1.82, 2.24) is 10.2 Å². The van der Waals surface area contributed by atoms with Gasteiger partial charge in [0.25, 0.3) is 5.91 Å². The lowest BCUT2D eigenvalue weighted by molar-refractivity contribution is -0.134. The minimum Gasteiger partial charge on any atom is -0.299 e. The van der Waals surface area contributed by atoms with Crippen LogP contribution >= 0.6 is 0 Å².